The second-order valence-corrected chi connectivity index (χ2v) is 5.67. The molecule has 1 heterocycles. The normalized spacial score (nSPS) is 21.9. The third-order valence-electron chi connectivity index (χ3n) is 4.01. The molecule has 1 saturated carbocycles. The monoisotopic (exact) mass is 273 g/mol. The summed E-state index contributed by atoms with van der Waals surface area (Å²) < 4.78 is 5.06. The second kappa shape index (κ2) is 5.65. The van der Waals surface area contributed by atoms with E-state index in [9.17, 15) is 9.59 Å². The number of hydrogen-bond donors (Lipinski definition) is 0. The average Bonchev–Trinajstić information content (AvgIpc) is 3.22. The maximum absolute atomic E-state index is 12.2. The zero-order valence-corrected chi connectivity index (χ0v) is 11.5. The molecular weight excluding hydrogens is 254 g/mol. The number of carbonyl (C=O) groups excluding carboxylic acids is 2. The molecule has 4 heteroatoms. The summed E-state index contributed by atoms with van der Waals surface area (Å²) in [5, 5.41) is 0. The van der Waals surface area contributed by atoms with Gasteiger partial charge in [0.25, 0.3) is 0 Å². The van der Waals surface area contributed by atoms with E-state index in [-0.39, 0.29) is 11.9 Å². The number of cyclic esters (lactones) is 1. The van der Waals surface area contributed by atoms with Gasteiger partial charge in [-0.2, -0.15) is 0 Å². The molecule has 0 N–H and O–H groups in total. The Balaban J connectivity index is 1.63. The minimum Gasteiger partial charge on any atom is -0.447 e. The molecule has 0 radical (unpaired) electrons. The van der Waals surface area contributed by atoms with Gasteiger partial charge in [0.1, 0.15) is 6.61 Å². The van der Waals surface area contributed by atoms with E-state index in [4.69, 9.17) is 4.74 Å². The van der Waals surface area contributed by atoms with Crippen molar-refractivity contribution in [3.8, 4) is 0 Å². The van der Waals surface area contributed by atoms with E-state index in [0.29, 0.717) is 25.4 Å². The van der Waals surface area contributed by atoms with Gasteiger partial charge in [0.15, 0.2) is 0 Å². The number of nitrogens with zero attached hydrogens (tertiary/aromatic N) is 1. The Morgan fingerprint density at radius 3 is 2.70 bits per heavy atom. The summed E-state index contributed by atoms with van der Waals surface area (Å²) in [5.74, 6) is 0.616. The van der Waals surface area contributed by atoms with Gasteiger partial charge in [0.2, 0.25) is 5.91 Å². The van der Waals surface area contributed by atoms with Gasteiger partial charge >= 0.3 is 6.09 Å². The molecule has 1 aromatic carbocycles. The molecule has 0 aromatic heterocycles. The van der Waals surface area contributed by atoms with Crippen LogP contribution < -0.4 is 0 Å². The van der Waals surface area contributed by atoms with Gasteiger partial charge in [-0.15, -0.1) is 0 Å². The van der Waals surface area contributed by atoms with Crippen molar-refractivity contribution in [2.45, 2.75) is 38.1 Å². The molecular formula is C16H19NO3. The molecule has 2 fully saturated rings. The van der Waals surface area contributed by atoms with Crippen molar-refractivity contribution >= 4 is 12.0 Å². The first-order valence-corrected chi connectivity index (χ1v) is 7.27. The summed E-state index contributed by atoms with van der Waals surface area (Å²) in [6.45, 7) is 0.308. The standard InChI is InChI=1S/C16H19NO3/c18-15(9-8-12-6-7-12)17-14(11-20-16(17)19)10-13-4-2-1-3-5-13/h1-5,12,14H,6-11H2. The number of hydrogen-bond acceptors (Lipinski definition) is 3. The summed E-state index contributed by atoms with van der Waals surface area (Å²) >= 11 is 0. The largest absolute Gasteiger partial charge is 0.447 e. The van der Waals surface area contributed by atoms with Crippen molar-refractivity contribution in [1.29, 1.82) is 0 Å². The fourth-order valence-corrected chi connectivity index (χ4v) is 2.66. The highest BCUT2D eigenvalue weighted by Gasteiger charge is 2.38. The van der Waals surface area contributed by atoms with Crippen LogP contribution in [0.1, 0.15) is 31.2 Å². The highest BCUT2D eigenvalue weighted by molar-refractivity contribution is 5.93. The van der Waals surface area contributed by atoms with E-state index < -0.39 is 6.09 Å². The lowest BCUT2D eigenvalue weighted by molar-refractivity contribution is -0.129. The van der Waals surface area contributed by atoms with Gasteiger partial charge < -0.3 is 4.74 Å². The van der Waals surface area contributed by atoms with E-state index in [2.05, 4.69) is 0 Å². The van der Waals surface area contributed by atoms with Crippen molar-refractivity contribution in [3.63, 3.8) is 0 Å². The van der Waals surface area contributed by atoms with Gasteiger partial charge in [-0.1, -0.05) is 43.2 Å². The minimum atomic E-state index is -0.480. The molecule has 0 spiro atoms. The highest BCUT2D eigenvalue weighted by Crippen LogP contribution is 2.34. The number of ether oxygens (including phenoxy) is 1. The van der Waals surface area contributed by atoms with E-state index in [1.54, 1.807) is 0 Å². The molecule has 1 aromatic rings. The second-order valence-electron chi connectivity index (χ2n) is 5.67. The molecule has 1 aliphatic carbocycles. The predicted octanol–water partition coefficient (Wildman–Crippen LogP) is 2.77. The summed E-state index contributed by atoms with van der Waals surface area (Å²) in [6, 6.07) is 9.75. The maximum atomic E-state index is 12.2. The van der Waals surface area contributed by atoms with Crippen LogP contribution in [0.4, 0.5) is 4.79 Å². The van der Waals surface area contributed by atoms with Gasteiger partial charge in [-0.25, -0.2) is 9.69 Å². The first-order chi connectivity index (χ1) is 9.74. The van der Waals surface area contributed by atoms with Crippen LogP contribution in [-0.2, 0) is 16.0 Å². The van der Waals surface area contributed by atoms with E-state index >= 15 is 0 Å². The third kappa shape index (κ3) is 3.00. The third-order valence-corrected chi connectivity index (χ3v) is 4.01. The molecule has 0 bridgehead atoms. The van der Waals surface area contributed by atoms with Gasteiger partial charge in [0, 0.05) is 6.42 Å². The number of carbonyl (C=O) groups is 2. The van der Waals surface area contributed by atoms with Crippen LogP contribution in [-0.4, -0.2) is 29.5 Å². The molecule has 1 saturated heterocycles. The number of rotatable bonds is 5. The van der Waals surface area contributed by atoms with E-state index in [1.807, 2.05) is 30.3 Å². The van der Waals surface area contributed by atoms with Crippen LogP contribution in [0.3, 0.4) is 0 Å². The van der Waals surface area contributed by atoms with Gasteiger partial charge in [-0.05, 0) is 24.3 Å². The van der Waals surface area contributed by atoms with Gasteiger partial charge in [0.05, 0.1) is 6.04 Å². The number of imide groups is 1. The molecule has 1 unspecified atom stereocenters. The average molecular weight is 273 g/mol. The summed E-state index contributed by atoms with van der Waals surface area (Å²) in [6.07, 6.45) is 4.01. The molecule has 2 amide bonds. The molecule has 1 aliphatic heterocycles. The topological polar surface area (TPSA) is 46.6 Å². The quantitative estimate of drug-likeness (QED) is 0.828. The molecule has 106 valence electrons. The summed E-state index contributed by atoms with van der Waals surface area (Å²) in [5.41, 5.74) is 1.12. The Morgan fingerprint density at radius 2 is 2.00 bits per heavy atom. The Bertz CT molecular complexity index is 496. The molecule has 2 aliphatic rings. The lowest BCUT2D eigenvalue weighted by Crippen LogP contribution is -2.40. The Labute approximate surface area is 118 Å². The van der Waals surface area contributed by atoms with Gasteiger partial charge in [-0.3, -0.25) is 4.79 Å². The zero-order valence-electron chi connectivity index (χ0n) is 11.5. The van der Waals surface area contributed by atoms with Crippen LogP contribution in [0, 0.1) is 5.92 Å². The Morgan fingerprint density at radius 1 is 1.25 bits per heavy atom. The van der Waals surface area contributed by atoms with Crippen molar-refractivity contribution in [2.24, 2.45) is 5.92 Å². The van der Waals surface area contributed by atoms with Crippen LogP contribution >= 0.6 is 0 Å². The SMILES string of the molecule is O=C(CCC1CC1)N1C(=O)OCC1Cc1ccccc1. The van der Waals surface area contributed by atoms with Crippen LogP contribution in [0.15, 0.2) is 30.3 Å². The van der Waals surface area contributed by atoms with Crippen LogP contribution in [0.25, 0.3) is 0 Å². The zero-order chi connectivity index (χ0) is 13.9. The molecule has 4 nitrogen and oxygen atoms in total. The highest BCUT2D eigenvalue weighted by atomic mass is 16.6. The van der Waals surface area contributed by atoms with Crippen molar-refractivity contribution in [2.75, 3.05) is 6.61 Å². The lowest BCUT2D eigenvalue weighted by Gasteiger charge is -2.19. The number of amides is 2. The fourth-order valence-electron chi connectivity index (χ4n) is 2.66. The number of benzene rings is 1. The molecule has 3 rings (SSSR count). The minimum absolute atomic E-state index is 0.0830. The summed E-state index contributed by atoms with van der Waals surface area (Å²) in [7, 11) is 0. The molecule has 20 heavy (non-hydrogen) atoms. The van der Waals surface area contributed by atoms with Crippen molar-refractivity contribution in [1.82, 2.24) is 4.90 Å². The summed E-state index contributed by atoms with van der Waals surface area (Å²) in [4.78, 5) is 25.3. The van der Waals surface area contributed by atoms with Crippen LogP contribution in [0.5, 0.6) is 0 Å². The molecule has 1 atom stereocenters. The first-order valence-electron chi connectivity index (χ1n) is 7.27. The van der Waals surface area contributed by atoms with E-state index in [0.717, 1.165) is 12.0 Å². The van der Waals surface area contributed by atoms with Crippen molar-refractivity contribution in [3.05, 3.63) is 35.9 Å². The Kier molecular flexibility index (Phi) is 3.72. The van der Waals surface area contributed by atoms with Crippen LogP contribution in [0.2, 0.25) is 0 Å². The maximum Gasteiger partial charge on any atom is 0.416 e. The predicted molar refractivity (Wildman–Crippen MR) is 74.1 cm³/mol. The lowest BCUT2D eigenvalue weighted by atomic mass is 10.1. The first kappa shape index (κ1) is 13.2. The van der Waals surface area contributed by atoms with Crippen molar-refractivity contribution < 1.29 is 14.3 Å². The fraction of sp³-hybridized carbons (Fsp3) is 0.500. The van der Waals surface area contributed by atoms with E-state index in [1.165, 1.54) is 17.7 Å². The Hall–Kier alpha value is -1.84. The smallest absolute Gasteiger partial charge is 0.416 e.